The minimum absolute atomic E-state index is 0.0415. The lowest BCUT2D eigenvalue weighted by Gasteiger charge is -2.41. The summed E-state index contributed by atoms with van der Waals surface area (Å²) in [7, 11) is 0. The predicted molar refractivity (Wildman–Crippen MR) is 82.0 cm³/mol. The number of halogens is 1. The van der Waals surface area contributed by atoms with Crippen LogP contribution in [0.5, 0.6) is 0 Å². The van der Waals surface area contributed by atoms with Crippen LogP contribution < -0.4 is 5.73 Å². The molecule has 17 heavy (non-hydrogen) atoms. The van der Waals surface area contributed by atoms with E-state index in [-0.39, 0.29) is 5.54 Å². The molecule has 2 atom stereocenters. The lowest BCUT2D eigenvalue weighted by atomic mass is 9.69. The first-order chi connectivity index (χ1) is 8.14. The number of hydrogen-bond acceptors (Lipinski definition) is 1. The molecule has 0 aromatic heterocycles. The quantitative estimate of drug-likeness (QED) is 0.821. The standard InChI is InChI=1S/C15H22IN/c1-2-13-5-3-4-10-15(13,17)11-12-6-8-14(16)9-7-12/h6-9,13H,2-5,10-11,17H2,1H3. The van der Waals surface area contributed by atoms with Gasteiger partial charge in [-0.3, -0.25) is 0 Å². The summed E-state index contributed by atoms with van der Waals surface area (Å²) in [6.07, 6.45) is 7.44. The van der Waals surface area contributed by atoms with Crippen LogP contribution in [0.1, 0.15) is 44.6 Å². The maximum Gasteiger partial charge on any atom is 0.0223 e. The zero-order chi connectivity index (χ0) is 12.3. The maximum absolute atomic E-state index is 6.68. The van der Waals surface area contributed by atoms with Crippen LogP contribution >= 0.6 is 22.6 Å². The van der Waals surface area contributed by atoms with E-state index in [4.69, 9.17) is 5.73 Å². The van der Waals surface area contributed by atoms with E-state index in [1.165, 1.54) is 41.2 Å². The first-order valence-corrected chi connectivity index (χ1v) is 7.75. The highest BCUT2D eigenvalue weighted by atomic mass is 127. The second-order valence-electron chi connectivity index (χ2n) is 5.39. The summed E-state index contributed by atoms with van der Waals surface area (Å²) in [6, 6.07) is 8.83. The summed E-state index contributed by atoms with van der Waals surface area (Å²) < 4.78 is 1.30. The molecule has 0 radical (unpaired) electrons. The SMILES string of the molecule is CCC1CCCCC1(N)Cc1ccc(I)cc1. The number of benzene rings is 1. The summed E-state index contributed by atoms with van der Waals surface area (Å²) in [5.74, 6) is 0.704. The van der Waals surface area contributed by atoms with Crippen LogP contribution in [0.15, 0.2) is 24.3 Å². The minimum atomic E-state index is 0.0415. The minimum Gasteiger partial charge on any atom is -0.325 e. The molecule has 2 N–H and O–H groups in total. The van der Waals surface area contributed by atoms with Crippen molar-refractivity contribution in [1.29, 1.82) is 0 Å². The van der Waals surface area contributed by atoms with Gasteiger partial charge in [-0.25, -0.2) is 0 Å². The molecule has 0 saturated heterocycles. The summed E-state index contributed by atoms with van der Waals surface area (Å²) in [4.78, 5) is 0. The average molecular weight is 343 g/mol. The molecule has 0 heterocycles. The fraction of sp³-hybridized carbons (Fsp3) is 0.600. The lowest BCUT2D eigenvalue weighted by Crippen LogP contribution is -2.50. The molecule has 2 unspecified atom stereocenters. The Morgan fingerprint density at radius 3 is 2.65 bits per heavy atom. The molecule has 1 aliphatic rings. The van der Waals surface area contributed by atoms with Crippen molar-refractivity contribution in [2.24, 2.45) is 11.7 Å². The Morgan fingerprint density at radius 1 is 1.29 bits per heavy atom. The van der Waals surface area contributed by atoms with Crippen LogP contribution in [-0.4, -0.2) is 5.54 Å². The Bertz CT molecular complexity index is 360. The molecule has 1 aromatic rings. The maximum atomic E-state index is 6.68. The Balaban J connectivity index is 2.11. The molecule has 2 rings (SSSR count). The van der Waals surface area contributed by atoms with Gasteiger partial charge in [-0.05, 0) is 65.5 Å². The van der Waals surface area contributed by atoms with E-state index in [0.717, 1.165) is 6.42 Å². The predicted octanol–water partition coefficient (Wildman–Crippen LogP) is 4.13. The second kappa shape index (κ2) is 5.70. The molecule has 1 aromatic carbocycles. The molecule has 0 bridgehead atoms. The Hall–Kier alpha value is -0.0900. The second-order valence-corrected chi connectivity index (χ2v) is 6.63. The third-order valence-corrected chi connectivity index (χ3v) is 4.92. The summed E-state index contributed by atoms with van der Waals surface area (Å²) >= 11 is 2.35. The normalized spacial score (nSPS) is 29.2. The zero-order valence-electron chi connectivity index (χ0n) is 10.6. The highest BCUT2D eigenvalue weighted by molar-refractivity contribution is 14.1. The van der Waals surface area contributed by atoms with E-state index >= 15 is 0 Å². The van der Waals surface area contributed by atoms with E-state index in [0.29, 0.717) is 5.92 Å². The van der Waals surface area contributed by atoms with Crippen LogP contribution in [0.3, 0.4) is 0 Å². The van der Waals surface area contributed by atoms with Gasteiger partial charge in [0.2, 0.25) is 0 Å². The molecule has 1 nitrogen and oxygen atoms in total. The monoisotopic (exact) mass is 343 g/mol. The van der Waals surface area contributed by atoms with Gasteiger partial charge in [0.1, 0.15) is 0 Å². The lowest BCUT2D eigenvalue weighted by molar-refractivity contribution is 0.182. The fourth-order valence-electron chi connectivity index (χ4n) is 3.16. The van der Waals surface area contributed by atoms with E-state index in [2.05, 4.69) is 53.8 Å². The van der Waals surface area contributed by atoms with Crippen molar-refractivity contribution in [2.75, 3.05) is 0 Å². The van der Waals surface area contributed by atoms with E-state index in [1.807, 2.05) is 0 Å². The van der Waals surface area contributed by atoms with E-state index < -0.39 is 0 Å². The van der Waals surface area contributed by atoms with Crippen molar-refractivity contribution < 1.29 is 0 Å². The molecule has 94 valence electrons. The molecule has 1 aliphatic carbocycles. The number of rotatable bonds is 3. The van der Waals surface area contributed by atoms with Crippen LogP contribution in [0.4, 0.5) is 0 Å². The van der Waals surface area contributed by atoms with E-state index in [9.17, 15) is 0 Å². The highest BCUT2D eigenvalue weighted by Crippen LogP contribution is 2.36. The third-order valence-electron chi connectivity index (χ3n) is 4.20. The van der Waals surface area contributed by atoms with Gasteiger partial charge in [-0.15, -0.1) is 0 Å². The average Bonchev–Trinajstić information content (AvgIpc) is 2.32. The van der Waals surface area contributed by atoms with Crippen molar-refractivity contribution in [3.8, 4) is 0 Å². The van der Waals surface area contributed by atoms with Crippen LogP contribution in [0.2, 0.25) is 0 Å². The zero-order valence-corrected chi connectivity index (χ0v) is 12.7. The van der Waals surface area contributed by atoms with Crippen molar-refractivity contribution >= 4 is 22.6 Å². The largest absolute Gasteiger partial charge is 0.325 e. The van der Waals surface area contributed by atoms with Gasteiger partial charge in [0.15, 0.2) is 0 Å². The van der Waals surface area contributed by atoms with Gasteiger partial charge in [-0.1, -0.05) is 38.3 Å². The molecule has 0 spiro atoms. The van der Waals surface area contributed by atoms with E-state index in [1.54, 1.807) is 0 Å². The molecular weight excluding hydrogens is 321 g/mol. The van der Waals surface area contributed by atoms with Crippen molar-refractivity contribution in [3.63, 3.8) is 0 Å². The third kappa shape index (κ3) is 3.22. The van der Waals surface area contributed by atoms with Crippen LogP contribution in [0, 0.1) is 9.49 Å². The van der Waals surface area contributed by atoms with Crippen LogP contribution in [0.25, 0.3) is 0 Å². The molecule has 0 aliphatic heterocycles. The smallest absolute Gasteiger partial charge is 0.0223 e. The summed E-state index contributed by atoms with van der Waals surface area (Å²) in [5, 5.41) is 0. The van der Waals surface area contributed by atoms with Crippen molar-refractivity contribution in [1.82, 2.24) is 0 Å². The van der Waals surface area contributed by atoms with Gasteiger partial charge < -0.3 is 5.73 Å². The summed E-state index contributed by atoms with van der Waals surface area (Å²) in [6.45, 7) is 2.28. The molecule has 2 heteroatoms. The Labute approximate surface area is 118 Å². The first kappa shape index (κ1) is 13.3. The van der Waals surface area contributed by atoms with Gasteiger partial charge in [0.25, 0.3) is 0 Å². The Kier molecular flexibility index (Phi) is 4.47. The number of nitrogens with two attached hydrogens (primary N) is 1. The fourth-order valence-corrected chi connectivity index (χ4v) is 3.52. The van der Waals surface area contributed by atoms with Gasteiger partial charge >= 0.3 is 0 Å². The molecule has 0 amide bonds. The first-order valence-electron chi connectivity index (χ1n) is 6.67. The number of hydrogen-bond donors (Lipinski definition) is 1. The topological polar surface area (TPSA) is 26.0 Å². The Morgan fingerprint density at radius 2 is 2.00 bits per heavy atom. The van der Waals surface area contributed by atoms with Crippen molar-refractivity contribution in [2.45, 2.75) is 51.0 Å². The van der Waals surface area contributed by atoms with Crippen LogP contribution in [-0.2, 0) is 6.42 Å². The van der Waals surface area contributed by atoms with Crippen molar-refractivity contribution in [3.05, 3.63) is 33.4 Å². The summed E-state index contributed by atoms with van der Waals surface area (Å²) in [5.41, 5.74) is 8.12. The van der Waals surface area contributed by atoms with Gasteiger partial charge in [0.05, 0.1) is 0 Å². The highest BCUT2D eigenvalue weighted by Gasteiger charge is 2.35. The molecular formula is C15H22IN. The molecule has 1 fully saturated rings. The van der Waals surface area contributed by atoms with Gasteiger partial charge in [-0.2, -0.15) is 0 Å². The van der Waals surface area contributed by atoms with Gasteiger partial charge in [0, 0.05) is 9.11 Å². The molecule has 1 saturated carbocycles.